The van der Waals surface area contributed by atoms with E-state index in [0.29, 0.717) is 31.7 Å². The Kier molecular flexibility index (Phi) is 6.92. The predicted molar refractivity (Wildman–Crippen MR) is 150 cm³/mol. The van der Waals surface area contributed by atoms with E-state index in [2.05, 4.69) is 10.3 Å². The van der Waals surface area contributed by atoms with E-state index in [0.717, 1.165) is 36.8 Å². The lowest BCUT2D eigenvalue weighted by molar-refractivity contribution is -0.138. The highest BCUT2D eigenvalue weighted by atomic mass is 16.3. The summed E-state index contributed by atoms with van der Waals surface area (Å²) >= 11 is 0. The van der Waals surface area contributed by atoms with E-state index in [4.69, 9.17) is 0 Å². The molecule has 1 spiro atoms. The number of piperidine rings is 1. The van der Waals surface area contributed by atoms with Crippen LogP contribution in [0.15, 0.2) is 77.9 Å². The Bertz CT molecular complexity index is 1440. The quantitative estimate of drug-likeness (QED) is 0.528. The number of rotatable bonds is 4. The van der Waals surface area contributed by atoms with Crippen molar-refractivity contribution in [1.29, 1.82) is 0 Å². The first-order chi connectivity index (χ1) is 19.4. The lowest BCUT2D eigenvalue weighted by Crippen LogP contribution is -2.64. The van der Waals surface area contributed by atoms with Crippen molar-refractivity contribution in [2.75, 3.05) is 26.2 Å². The number of nitrogens with zero attached hydrogens (tertiary/aromatic N) is 4. The van der Waals surface area contributed by atoms with Crippen LogP contribution in [0.3, 0.4) is 0 Å². The molecule has 0 unspecified atom stereocenters. The van der Waals surface area contributed by atoms with Crippen molar-refractivity contribution in [2.24, 2.45) is 5.41 Å². The van der Waals surface area contributed by atoms with Crippen LogP contribution in [-0.4, -0.2) is 68.2 Å². The first-order valence-electron chi connectivity index (χ1n) is 14.1. The second-order valence-corrected chi connectivity index (χ2v) is 11.4. The molecule has 0 bridgehead atoms. The molecule has 0 radical (unpaired) electrons. The van der Waals surface area contributed by atoms with Crippen LogP contribution >= 0.6 is 0 Å². The van der Waals surface area contributed by atoms with Crippen LogP contribution in [0.2, 0.25) is 0 Å². The third-order valence-corrected chi connectivity index (χ3v) is 9.10. The van der Waals surface area contributed by atoms with E-state index < -0.39 is 11.0 Å². The van der Waals surface area contributed by atoms with E-state index in [1.807, 2.05) is 65.6 Å². The molecule has 9 nitrogen and oxygen atoms in total. The number of hydrogen-bond acceptors (Lipinski definition) is 5. The minimum Gasteiger partial charge on any atom is -0.387 e. The van der Waals surface area contributed by atoms with E-state index in [1.165, 1.54) is 17.0 Å². The van der Waals surface area contributed by atoms with E-state index >= 15 is 0 Å². The van der Waals surface area contributed by atoms with Crippen LogP contribution in [0.1, 0.15) is 43.7 Å². The summed E-state index contributed by atoms with van der Waals surface area (Å²) in [5.74, 6) is -0.171. The normalized spacial score (nSPS) is 24.2. The van der Waals surface area contributed by atoms with Gasteiger partial charge in [-0.1, -0.05) is 73.5 Å². The number of amides is 3. The molecule has 6 rings (SSSR count). The van der Waals surface area contributed by atoms with Gasteiger partial charge in [0.2, 0.25) is 5.91 Å². The molecule has 3 heterocycles. The SMILES string of the molecule is O=C1CN(C(=O)N2CC[C@@](O)(Cn3cnc(-c4ccccc4)cc3=O)C3(CCCC3)C2)[C@H](c2ccccc2)CN1. The molecule has 1 aliphatic carbocycles. The lowest BCUT2D eigenvalue weighted by atomic mass is 9.66. The van der Waals surface area contributed by atoms with Crippen molar-refractivity contribution in [2.45, 2.75) is 50.3 Å². The maximum Gasteiger partial charge on any atom is 0.321 e. The summed E-state index contributed by atoms with van der Waals surface area (Å²) < 4.78 is 1.50. The Labute approximate surface area is 233 Å². The molecule has 2 N–H and O–H groups in total. The fraction of sp³-hybridized carbons (Fsp3) is 0.419. The first-order valence-corrected chi connectivity index (χ1v) is 14.1. The molecule has 2 aromatic carbocycles. The molecule has 3 amide bonds. The van der Waals surface area contributed by atoms with Gasteiger partial charge in [-0.15, -0.1) is 0 Å². The van der Waals surface area contributed by atoms with Crippen molar-refractivity contribution in [3.8, 4) is 11.3 Å². The van der Waals surface area contributed by atoms with Crippen molar-refractivity contribution < 1.29 is 14.7 Å². The van der Waals surface area contributed by atoms with Crippen LogP contribution in [0, 0.1) is 5.41 Å². The van der Waals surface area contributed by atoms with Crippen molar-refractivity contribution >= 4 is 11.9 Å². The summed E-state index contributed by atoms with van der Waals surface area (Å²) in [5, 5.41) is 15.1. The Hall–Kier alpha value is -3.98. The molecule has 3 fully saturated rings. The highest BCUT2D eigenvalue weighted by molar-refractivity contribution is 5.86. The molecular formula is C31H35N5O4. The number of hydrogen-bond donors (Lipinski definition) is 2. The Balaban J connectivity index is 1.24. The molecule has 208 valence electrons. The fourth-order valence-corrected chi connectivity index (χ4v) is 6.85. The average molecular weight is 542 g/mol. The summed E-state index contributed by atoms with van der Waals surface area (Å²) in [6.45, 7) is 1.25. The molecule has 9 heteroatoms. The molecule has 3 aliphatic rings. The van der Waals surface area contributed by atoms with E-state index in [9.17, 15) is 19.5 Å². The molecule has 1 aromatic heterocycles. The standard InChI is InChI=1S/C31H35N5O4/c37-27-19-36(26(18-32-27)24-11-5-2-6-12-24)29(39)34-16-15-31(40,30(20-34)13-7-8-14-30)21-35-22-33-25(17-28(35)38)23-9-3-1-4-10-23/h1-6,9-12,17,22,26,40H,7-8,13-16,18-21H2,(H,32,37)/t26-,31+/m0/s1. The van der Waals surface area contributed by atoms with Gasteiger partial charge in [0, 0.05) is 36.7 Å². The largest absolute Gasteiger partial charge is 0.387 e. The minimum absolute atomic E-state index is 0.000980. The van der Waals surface area contributed by atoms with Crippen LogP contribution in [0.4, 0.5) is 4.79 Å². The number of nitrogens with one attached hydrogen (secondary N) is 1. The zero-order chi connectivity index (χ0) is 27.7. The van der Waals surface area contributed by atoms with Gasteiger partial charge in [-0.3, -0.25) is 14.2 Å². The van der Waals surface area contributed by atoms with Gasteiger partial charge in [0.25, 0.3) is 5.56 Å². The third-order valence-electron chi connectivity index (χ3n) is 9.10. The average Bonchev–Trinajstić information content (AvgIpc) is 3.46. The molecule has 3 aromatic rings. The van der Waals surface area contributed by atoms with Crippen LogP contribution in [0.25, 0.3) is 11.3 Å². The number of aromatic nitrogens is 2. The summed E-state index contributed by atoms with van der Waals surface area (Å²) in [6, 6.07) is 20.4. The van der Waals surface area contributed by atoms with Crippen molar-refractivity contribution in [3.63, 3.8) is 0 Å². The third kappa shape index (κ3) is 4.79. The van der Waals surface area contributed by atoms with Gasteiger partial charge < -0.3 is 20.2 Å². The minimum atomic E-state index is -1.15. The summed E-state index contributed by atoms with van der Waals surface area (Å²) in [5.41, 5.74) is 0.550. The van der Waals surface area contributed by atoms with Gasteiger partial charge in [0.15, 0.2) is 0 Å². The molecule has 1 saturated carbocycles. The van der Waals surface area contributed by atoms with Gasteiger partial charge in [0.05, 0.1) is 30.2 Å². The Morgan fingerprint density at radius 3 is 2.40 bits per heavy atom. The number of carbonyl (C=O) groups is 2. The van der Waals surface area contributed by atoms with Gasteiger partial charge in [-0.05, 0) is 24.8 Å². The fourth-order valence-electron chi connectivity index (χ4n) is 6.85. The number of urea groups is 1. The monoisotopic (exact) mass is 541 g/mol. The van der Waals surface area contributed by atoms with Crippen molar-refractivity contribution in [3.05, 3.63) is 89.0 Å². The Morgan fingerprint density at radius 1 is 1.00 bits per heavy atom. The molecule has 2 aliphatic heterocycles. The predicted octanol–water partition coefficient (Wildman–Crippen LogP) is 3.20. The number of piperazine rings is 1. The van der Waals surface area contributed by atoms with Gasteiger partial charge in [-0.2, -0.15) is 0 Å². The topological polar surface area (TPSA) is 108 Å². The number of carbonyl (C=O) groups excluding carboxylic acids is 2. The maximum atomic E-state index is 13.9. The number of aliphatic hydroxyl groups is 1. The highest BCUT2D eigenvalue weighted by Crippen LogP contribution is 2.51. The summed E-state index contributed by atoms with van der Waals surface area (Å²) in [7, 11) is 0. The highest BCUT2D eigenvalue weighted by Gasteiger charge is 2.56. The zero-order valence-electron chi connectivity index (χ0n) is 22.5. The summed E-state index contributed by atoms with van der Waals surface area (Å²) in [4.78, 5) is 47.4. The smallest absolute Gasteiger partial charge is 0.321 e. The molecular weight excluding hydrogens is 506 g/mol. The summed E-state index contributed by atoms with van der Waals surface area (Å²) in [6.07, 6.45) is 5.36. The second-order valence-electron chi connectivity index (χ2n) is 11.4. The molecule has 2 saturated heterocycles. The Morgan fingerprint density at radius 2 is 1.70 bits per heavy atom. The van der Waals surface area contributed by atoms with Crippen LogP contribution in [-0.2, 0) is 11.3 Å². The van der Waals surface area contributed by atoms with E-state index in [1.54, 1.807) is 4.90 Å². The van der Waals surface area contributed by atoms with Crippen molar-refractivity contribution in [1.82, 2.24) is 24.7 Å². The molecule has 2 atom stereocenters. The van der Waals surface area contributed by atoms with Gasteiger partial charge >= 0.3 is 6.03 Å². The zero-order valence-corrected chi connectivity index (χ0v) is 22.5. The van der Waals surface area contributed by atoms with Gasteiger partial charge in [-0.25, -0.2) is 9.78 Å². The van der Waals surface area contributed by atoms with Crippen LogP contribution in [0.5, 0.6) is 0 Å². The van der Waals surface area contributed by atoms with Gasteiger partial charge in [0.1, 0.15) is 6.54 Å². The number of benzene rings is 2. The van der Waals surface area contributed by atoms with E-state index in [-0.39, 0.29) is 36.6 Å². The van der Waals surface area contributed by atoms with Crippen LogP contribution < -0.4 is 10.9 Å². The second kappa shape index (κ2) is 10.5. The number of likely N-dealkylation sites (tertiary alicyclic amines) is 1. The lowest BCUT2D eigenvalue weighted by Gasteiger charge is -2.53. The first kappa shape index (κ1) is 26.3. The molecule has 40 heavy (non-hydrogen) atoms. The maximum absolute atomic E-state index is 13.9.